The van der Waals surface area contributed by atoms with Crippen LogP contribution in [0.15, 0.2) is 21.7 Å². The van der Waals surface area contributed by atoms with Crippen LogP contribution in [-0.4, -0.2) is 17.4 Å². The number of aliphatic imine (C=N–C) groups is 1. The highest BCUT2D eigenvalue weighted by molar-refractivity contribution is 6.03. The number of hydroxylamine groups is 1. The molecular formula is C17H18N4O2. The minimum Gasteiger partial charge on any atom is -0.456 e. The van der Waals surface area contributed by atoms with E-state index in [1.165, 1.54) is 11.1 Å². The summed E-state index contributed by atoms with van der Waals surface area (Å²) in [5, 5.41) is 4.13. The molecule has 0 saturated heterocycles. The number of hydrogen-bond donors (Lipinski definition) is 2. The smallest absolute Gasteiger partial charge is 0.291 e. The van der Waals surface area contributed by atoms with E-state index in [4.69, 9.17) is 9.25 Å². The number of nitrogens with one attached hydrogen (secondary N) is 2. The van der Waals surface area contributed by atoms with Crippen molar-refractivity contribution >= 4 is 18.3 Å². The first-order chi connectivity index (χ1) is 11.1. The number of pyridine rings is 1. The lowest BCUT2D eigenvalue weighted by atomic mass is 9.95. The Hall–Kier alpha value is -2.60. The van der Waals surface area contributed by atoms with Crippen molar-refractivity contribution in [2.75, 3.05) is 6.54 Å². The minimum atomic E-state index is 0.407. The zero-order valence-electron chi connectivity index (χ0n) is 13.2. The molecule has 4 rings (SSSR count). The molecule has 0 saturated carbocycles. The predicted molar refractivity (Wildman–Crippen MR) is 86.8 cm³/mol. The molecule has 0 unspecified atom stereocenters. The van der Waals surface area contributed by atoms with Crippen molar-refractivity contribution in [3.05, 3.63) is 51.0 Å². The molecule has 6 nitrogen and oxygen atoms in total. The van der Waals surface area contributed by atoms with Crippen molar-refractivity contribution in [3.63, 3.8) is 0 Å². The number of furan rings is 1. The van der Waals surface area contributed by atoms with Gasteiger partial charge in [-0.1, -0.05) is 6.58 Å². The van der Waals surface area contributed by atoms with E-state index in [1.54, 1.807) is 0 Å². The maximum Gasteiger partial charge on any atom is 0.291 e. The third kappa shape index (κ3) is 2.31. The molecule has 2 aromatic rings. The highest BCUT2D eigenvalue weighted by Crippen LogP contribution is 2.23. The van der Waals surface area contributed by atoms with E-state index in [9.17, 15) is 0 Å². The number of aryl methyl sites for hydroxylation is 2. The van der Waals surface area contributed by atoms with Gasteiger partial charge in [0.25, 0.3) is 5.88 Å². The molecule has 0 amide bonds. The van der Waals surface area contributed by atoms with Gasteiger partial charge >= 0.3 is 0 Å². The average Bonchev–Trinajstić information content (AvgIpc) is 3.13. The minimum absolute atomic E-state index is 0.407. The van der Waals surface area contributed by atoms with Gasteiger partial charge in [0.05, 0.1) is 0 Å². The first-order valence-electron chi connectivity index (χ1n) is 7.63. The molecule has 0 radical (unpaired) electrons. The van der Waals surface area contributed by atoms with Crippen LogP contribution in [0.4, 0.5) is 0 Å². The second-order valence-electron chi connectivity index (χ2n) is 5.83. The zero-order chi connectivity index (χ0) is 16.0. The first-order valence-corrected chi connectivity index (χ1v) is 7.63. The quantitative estimate of drug-likeness (QED) is 0.797. The standard InChI is InChI=1S/C17H18N4O2/c1-9-6-10(2)22-15(9)17-20-16(21-23-17)14-11(3)19-8-12-7-18-5-4-13(12)14/h6,8,18H,1,4-5,7H2,2-3H3,(H,20,21). The SMILES string of the molecule is C=c1cc(C)oc1=C1N=C(c2c(C)ncc3c2CCNC3)NO1. The Morgan fingerprint density at radius 1 is 1.30 bits per heavy atom. The molecule has 0 aromatic carbocycles. The summed E-state index contributed by atoms with van der Waals surface area (Å²) in [5.41, 5.74) is 7.92. The maximum atomic E-state index is 5.63. The van der Waals surface area contributed by atoms with Crippen LogP contribution in [-0.2, 0) is 17.8 Å². The lowest BCUT2D eigenvalue weighted by Gasteiger charge is -2.20. The fourth-order valence-corrected chi connectivity index (χ4v) is 3.08. The largest absolute Gasteiger partial charge is 0.456 e. The molecule has 0 atom stereocenters. The van der Waals surface area contributed by atoms with Crippen LogP contribution >= 0.6 is 0 Å². The summed E-state index contributed by atoms with van der Waals surface area (Å²) in [6, 6.07) is 1.86. The zero-order valence-corrected chi connectivity index (χ0v) is 13.2. The van der Waals surface area contributed by atoms with Gasteiger partial charge < -0.3 is 14.6 Å². The van der Waals surface area contributed by atoms with Gasteiger partial charge in [0.15, 0.2) is 11.3 Å². The topological polar surface area (TPSA) is 71.7 Å². The summed E-state index contributed by atoms with van der Waals surface area (Å²) in [6.07, 6.45) is 2.88. The number of nitrogens with zero attached hydrogens (tertiary/aromatic N) is 2. The third-order valence-corrected chi connectivity index (χ3v) is 4.15. The lowest BCUT2D eigenvalue weighted by Crippen LogP contribution is -2.29. The summed E-state index contributed by atoms with van der Waals surface area (Å²) < 4.78 is 5.63. The summed E-state index contributed by atoms with van der Waals surface area (Å²) >= 11 is 0. The van der Waals surface area contributed by atoms with Crippen molar-refractivity contribution in [1.29, 1.82) is 0 Å². The number of rotatable bonds is 1. The van der Waals surface area contributed by atoms with E-state index in [1.807, 2.05) is 26.1 Å². The molecule has 0 spiro atoms. The summed E-state index contributed by atoms with van der Waals surface area (Å²) in [7, 11) is 0. The van der Waals surface area contributed by atoms with Crippen molar-refractivity contribution in [2.45, 2.75) is 26.8 Å². The summed E-state index contributed by atoms with van der Waals surface area (Å²) in [4.78, 5) is 14.6. The van der Waals surface area contributed by atoms with Crippen LogP contribution < -0.4 is 21.4 Å². The molecule has 0 fully saturated rings. The molecule has 118 valence electrons. The lowest BCUT2D eigenvalue weighted by molar-refractivity contribution is 0.224. The van der Waals surface area contributed by atoms with Crippen LogP contribution in [0.3, 0.4) is 0 Å². The van der Waals surface area contributed by atoms with E-state index in [0.29, 0.717) is 17.1 Å². The normalized spacial score (nSPS) is 19.0. The Morgan fingerprint density at radius 3 is 2.96 bits per heavy atom. The summed E-state index contributed by atoms with van der Waals surface area (Å²) in [6.45, 7) is 9.61. The van der Waals surface area contributed by atoms with Gasteiger partial charge in [0, 0.05) is 29.2 Å². The summed E-state index contributed by atoms with van der Waals surface area (Å²) in [5.74, 6) is 1.87. The van der Waals surface area contributed by atoms with Crippen LogP contribution in [0.25, 0.3) is 12.5 Å². The van der Waals surface area contributed by atoms with E-state index < -0.39 is 0 Å². The molecule has 4 heterocycles. The molecule has 2 aromatic heterocycles. The molecule has 0 bridgehead atoms. The van der Waals surface area contributed by atoms with Gasteiger partial charge in [-0.25, -0.2) is 5.48 Å². The number of aromatic nitrogens is 1. The molecule has 2 N–H and O–H groups in total. The number of hydrogen-bond acceptors (Lipinski definition) is 6. The Balaban J connectivity index is 1.87. The molecule has 6 heteroatoms. The highest BCUT2D eigenvalue weighted by atomic mass is 16.7. The number of amidine groups is 1. The van der Waals surface area contributed by atoms with Crippen molar-refractivity contribution in [2.24, 2.45) is 4.99 Å². The van der Waals surface area contributed by atoms with Crippen molar-refractivity contribution in [3.8, 4) is 0 Å². The maximum absolute atomic E-state index is 5.63. The fourth-order valence-electron chi connectivity index (χ4n) is 3.08. The van der Waals surface area contributed by atoms with Crippen molar-refractivity contribution in [1.82, 2.24) is 15.8 Å². The molecule has 23 heavy (non-hydrogen) atoms. The van der Waals surface area contributed by atoms with E-state index in [0.717, 1.165) is 41.7 Å². The Bertz CT molecular complexity index is 927. The van der Waals surface area contributed by atoms with Crippen LogP contribution in [0, 0.1) is 13.8 Å². The highest BCUT2D eigenvalue weighted by Gasteiger charge is 2.24. The van der Waals surface area contributed by atoms with Crippen LogP contribution in [0.5, 0.6) is 0 Å². The van der Waals surface area contributed by atoms with Gasteiger partial charge in [-0.2, -0.15) is 4.99 Å². The predicted octanol–water partition coefficient (Wildman–Crippen LogP) is 0.395. The molecule has 2 aliphatic heterocycles. The Morgan fingerprint density at radius 2 is 2.17 bits per heavy atom. The fraction of sp³-hybridized carbons (Fsp3) is 0.294. The third-order valence-electron chi connectivity index (χ3n) is 4.15. The van der Waals surface area contributed by atoms with Gasteiger partial charge in [-0.05, 0) is 44.0 Å². The molecular weight excluding hydrogens is 292 g/mol. The Kier molecular flexibility index (Phi) is 3.20. The molecule has 2 aliphatic rings. The first kappa shape index (κ1) is 14.0. The van der Waals surface area contributed by atoms with Gasteiger partial charge in [-0.3, -0.25) is 4.98 Å². The van der Waals surface area contributed by atoms with E-state index >= 15 is 0 Å². The second-order valence-corrected chi connectivity index (χ2v) is 5.83. The average molecular weight is 310 g/mol. The Labute approximate surface area is 133 Å². The molecule has 0 aliphatic carbocycles. The van der Waals surface area contributed by atoms with Crippen molar-refractivity contribution < 1.29 is 9.25 Å². The van der Waals surface area contributed by atoms with E-state index in [-0.39, 0.29) is 0 Å². The van der Waals surface area contributed by atoms with Crippen LogP contribution in [0.1, 0.15) is 28.1 Å². The number of fused-ring (bicyclic) bond motifs is 1. The van der Waals surface area contributed by atoms with Gasteiger partial charge in [0.1, 0.15) is 5.76 Å². The monoisotopic (exact) mass is 310 g/mol. The van der Waals surface area contributed by atoms with Gasteiger partial charge in [-0.15, -0.1) is 0 Å². The second kappa shape index (κ2) is 5.24. The van der Waals surface area contributed by atoms with E-state index in [2.05, 4.69) is 27.4 Å². The van der Waals surface area contributed by atoms with Crippen LogP contribution in [0.2, 0.25) is 0 Å². The van der Waals surface area contributed by atoms with Gasteiger partial charge in [0.2, 0.25) is 0 Å².